The highest BCUT2D eigenvalue weighted by Crippen LogP contribution is 2.18. The van der Waals surface area contributed by atoms with Crippen LogP contribution in [0, 0.1) is 6.92 Å². The molecule has 8 heteroatoms. The molecule has 0 bridgehead atoms. The van der Waals surface area contributed by atoms with E-state index in [2.05, 4.69) is 15.4 Å². The van der Waals surface area contributed by atoms with Gasteiger partial charge < -0.3 is 10.4 Å². The van der Waals surface area contributed by atoms with Crippen molar-refractivity contribution in [1.29, 1.82) is 0 Å². The van der Waals surface area contributed by atoms with Crippen LogP contribution in [0.15, 0.2) is 16.5 Å². The van der Waals surface area contributed by atoms with Crippen LogP contribution in [0.4, 0.5) is 5.69 Å². The van der Waals surface area contributed by atoms with Gasteiger partial charge in [0.1, 0.15) is 5.02 Å². The van der Waals surface area contributed by atoms with Gasteiger partial charge in [-0.1, -0.05) is 11.6 Å². The maximum Gasteiger partial charge on any atom is 0.287 e. The Morgan fingerprint density at radius 3 is 3.00 bits per heavy atom. The fourth-order valence-corrected chi connectivity index (χ4v) is 2.44. The highest BCUT2D eigenvalue weighted by atomic mass is 35.5. The minimum Gasteiger partial charge on any atom is -0.394 e. The maximum atomic E-state index is 11.8. The lowest BCUT2D eigenvalue weighted by Crippen LogP contribution is -2.25. The molecular weight excluding hydrogens is 288 g/mol. The lowest BCUT2D eigenvalue weighted by Gasteiger charge is -2.09. The van der Waals surface area contributed by atoms with Crippen LogP contribution in [0.2, 0.25) is 5.02 Å². The molecule has 2 aromatic rings. The number of aliphatic hydroxyl groups is 1. The van der Waals surface area contributed by atoms with Gasteiger partial charge >= 0.3 is 0 Å². The third-order valence-electron chi connectivity index (χ3n) is 2.58. The molecule has 6 nitrogen and oxygen atoms in total. The zero-order valence-corrected chi connectivity index (χ0v) is 11.8. The summed E-state index contributed by atoms with van der Waals surface area (Å²) in [5, 5.41) is 15.9. The van der Waals surface area contributed by atoms with Gasteiger partial charge in [0.05, 0.1) is 42.8 Å². The second-order valence-electron chi connectivity index (χ2n) is 3.84. The minimum absolute atomic E-state index is 0.0746. The van der Waals surface area contributed by atoms with Crippen LogP contribution in [-0.2, 0) is 13.1 Å². The number of anilines is 1. The van der Waals surface area contributed by atoms with E-state index in [4.69, 9.17) is 16.7 Å². The molecule has 0 radical (unpaired) electrons. The van der Waals surface area contributed by atoms with Gasteiger partial charge in [-0.05, 0) is 6.92 Å². The highest BCUT2D eigenvalue weighted by molar-refractivity contribution is 7.09. The lowest BCUT2D eigenvalue weighted by atomic mass is 10.3. The Morgan fingerprint density at radius 2 is 2.37 bits per heavy atom. The monoisotopic (exact) mass is 300 g/mol. The number of hydrogen-bond donors (Lipinski definition) is 2. The lowest BCUT2D eigenvalue weighted by molar-refractivity contribution is 0.266. The fraction of sp³-hybridized carbons (Fsp3) is 0.364. The van der Waals surface area contributed by atoms with E-state index in [1.165, 1.54) is 17.5 Å². The second-order valence-corrected chi connectivity index (χ2v) is 5.16. The van der Waals surface area contributed by atoms with Crippen molar-refractivity contribution in [3.8, 4) is 0 Å². The minimum atomic E-state index is -0.415. The standard InChI is InChI=1S/C11H13ClN4O2S/c1-7-9(19-6-14-7)5-13-8-4-15-16(2-3-17)11(18)10(8)12/h4,6,13,17H,2-3,5H2,1H3. The summed E-state index contributed by atoms with van der Waals surface area (Å²) < 4.78 is 1.13. The van der Waals surface area contributed by atoms with Crippen molar-refractivity contribution in [3.05, 3.63) is 37.7 Å². The summed E-state index contributed by atoms with van der Waals surface area (Å²) in [5.74, 6) is 0. The van der Waals surface area contributed by atoms with Crippen molar-refractivity contribution in [2.24, 2.45) is 0 Å². The van der Waals surface area contributed by atoms with E-state index in [1.54, 1.807) is 5.51 Å². The summed E-state index contributed by atoms with van der Waals surface area (Å²) in [5.41, 5.74) is 2.79. The smallest absolute Gasteiger partial charge is 0.287 e. The number of hydrogen-bond acceptors (Lipinski definition) is 6. The molecular formula is C11H13ClN4O2S. The molecule has 102 valence electrons. The Kier molecular flexibility index (Phi) is 4.52. The van der Waals surface area contributed by atoms with Gasteiger partial charge in [-0.25, -0.2) is 9.67 Å². The first-order valence-corrected chi connectivity index (χ1v) is 6.88. The van der Waals surface area contributed by atoms with Crippen LogP contribution in [0.5, 0.6) is 0 Å². The number of rotatable bonds is 5. The van der Waals surface area contributed by atoms with Crippen LogP contribution in [-0.4, -0.2) is 26.5 Å². The summed E-state index contributed by atoms with van der Waals surface area (Å²) in [4.78, 5) is 17.0. The number of nitrogens with zero attached hydrogens (tertiary/aromatic N) is 3. The molecule has 0 aliphatic heterocycles. The number of aryl methyl sites for hydroxylation is 1. The molecule has 0 saturated heterocycles. The molecule has 0 aliphatic rings. The van der Waals surface area contributed by atoms with Gasteiger partial charge in [-0.15, -0.1) is 11.3 Å². The topological polar surface area (TPSA) is 80.0 Å². The van der Waals surface area contributed by atoms with Gasteiger partial charge in [0.25, 0.3) is 5.56 Å². The predicted molar refractivity (Wildman–Crippen MR) is 74.8 cm³/mol. The molecule has 0 fully saturated rings. The molecule has 2 heterocycles. The van der Waals surface area contributed by atoms with E-state index in [1.807, 2.05) is 6.92 Å². The normalized spacial score (nSPS) is 10.7. The summed E-state index contributed by atoms with van der Waals surface area (Å²) in [6.07, 6.45) is 1.48. The molecule has 0 amide bonds. The number of aliphatic hydroxyl groups excluding tert-OH is 1. The summed E-state index contributed by atoms with van der Waals surface area (Å²) in [7, 11) is 0. The molecule has 2 aromatic heterocycles. The number of halogens is 1. The number of thiazole rings is 1. The van der Waals surface area contributed by atoms with Crippen molar-refractivity contribution in [2.45, 2.75) is 20.0 Å². The molecule has 0 unspecified atom stereocenters. The highest BCUT2D eigenvalue weighted by Gasteiger charge is 2.09. The zero-order chi connectivity index (χ0) is 13.8. The number of nitrogens with one attached hydrogen (secondary N) is 1. The van der Waals surface area contributed by atoms with Crippen LogP contribution in [0.3, 0.4) is 0 Å². The van der Waals surface area contributed by atoms with Crippen molar-refractivity contribution < 1.29 is 5.11 Å². The zero-order valence-electron chi connectivity index (χ0n) is 10.3. The summed E-state index contributed by atoms with van der Waals surface area (Å²) in [6, 6.07) is 0. The average molecular weight is 301 g/mol. The third-order valence-corrected chi connectivity index (χ3v) is 3.88. The summed E-state index contributed by atoms with van der Waals surface area (Å²) >= 11 is 7.52. The molecule has 0 aromatic carbocycles. The SMILES string of the molecule is Cc1ncsc1CNc1cnn(CCO)c(=O)c1Cl. The Bertz CT molecular complexity index is 625. The molecule has 0 aliphatic carbocycles. The molecule has 2 rings (SSSR count). The van der Waals surface area contributed by atoms with Crippen LogP contribution in [0.1, 0.15) is 10.6 Å². The van der Waals surface area contributed by atoms with Crippen molar-refractivity contribution in [1.82, 2.24) is 14.8 Å². The molecule has 2 N–H and O–H groups in total. The van der Waals surface area contributed by atoms with E-state index in [9.17, 15) is 4.79 Å². The molecule has 19 heavy (non-hydrogen) atoms. The van der Waals surface area contributed by atoms with Gasteiger partial charge in [0, 0.05) is 4.88 Å². The second kappa shape index (κ2) is 6.14. The first kappa shape index (κ1) is 14.0. The van der Waals surface area contributed by atoms with Gasteiger partial charge in [0.15, 0.2) is 0 Å². The van der Waals surface area contributed by atoms with E-state index in [0.717, 1.165) is 15.3 Å². The fourth-order valence-electron chi connectivity index (χ4n) is 1.51. The first-order chi connectivity index (χ1) is 9.13. The Balaban J connectivity index is 2.16. The van der Waals surface area contributed by atoms with Crippen molar-refractivity contribution in [3.63, 3.8) is 0 Å². The Hall–Kier alpha value is -1.44. The Labute approximate surface area is 118 Å². The molecule has 0 atom stereocenters. The first-order valence-electron chi connectivity index (χ1n) is 5.62. The Morgan fingerprint density at radius 1 is 1.58 bits per heavy atom. The van der Waals surface area contributed by atoms with Crippen LogP contribution >= 0.6 is 22.9 Å². The van der Waals surface area contributed by atoms with E-state index in [0.29, 0.717) is 12.2 Å². The quantitative estimate of drug-likeness (QED) is 0.869. The van der Waals surface area contributed by atoms with E-state index in [-0.39, 0.29) is 18.2 Å². The number of aromatic nitrogens is 3. The van der Waals surface area contributed by atoms with Gasteiger partial charge in [-0.3, -0.25) is 4.79 Å². The van der Waals surface area contributed by atoms with E-state index >= 15 is 0 Å². The molecule has 0 spiro atoms. The van der Waals surface area contributed by atoms with Crippen LogP contribution in [0.25, 0.3) is 0 Å². The maximum absolute atomic E-state index is 11.8. The van der Waals surface area contributed by atoms with Gasteiger partial charge in [0.2, 0.25) is 0 Å². The van der Waals surface area contributed by atoms with Crippen molar-refractivity contribution >= 4 is 28.6 Å². The van der Waals surface area contributed by atoms with E-state index < -0.39 is 5.56 Å². The largest absolute Gasteiger partial charge is 0.394 e. The average Bonchev–Trinajstić information content (AvgIpc) is 2.80. The van der Waals surface area contributed by atoms with Crippen molar-refractivity contribution in [2.75, 3.05) is 11.9 Å². The predicted octanol–water partition coefficient (Wildman–Crippen LogP) is 1.27. The molecule has 0 saturated carbocycles. The summed E-state index contributed by atoms with van der Waals surface area (Å²) in [6.45, 7) is 2.44. The van der Waals surface area contributed by atoms with Crippen LogP contribution < -0.4 is 10.9 Å². The van der Waals surface area contributed by atoms with Gasteiger partial charge in [-0.2, -0.15) is 5.10 Å². The third kappa shape index (κ3) is 3.12.